The van der Waals surface area contributed by atoms with Gasteiger partial charge in [-0.1, -0.05) is 0 Å². The van der Waals surface area contributed by atoms with Crippen LogP contribution in [-0.2, 0) is 16.1 Å². The van der Waals surface area contributed by atoms with Crippen LogP contribution in [0.3, 0.4) is 0 Å². The van der Waals surface area contributed by atoms with Crippen molar-refractivity contribution in [3.63, 3.8) is 0 Å². The van der Waals surface area contributed by atoms with E-state index in [0.29, 0.717) is 6.07 Å². The van der Waals surface area contributed by atoms with E-state index >= 15 is 0 Å². The molecule has 0 aliphatic rings. The van der Waals surface area contributed by atoms with E-state index in [-0.39, 0.29) is 12.2 Å². The Bertz CT molecular complexity index is 686. The predicted octanol–water partition coefficient (Wildman–Crippen LogP) is 2.11. The van der Waals surface area contributed by atoms with Crippen LogP contribution in [-0.4, -0.2) is 22.4 Å². The number of nitrogens with zero attached hydrogens (tertiary/aromatic N) is 2. The van der Waals surface area contributed by atoms with Gasteiger partial charge in [0.2, 0.25) is 0 Å². The van der Waals surface area contributed by atoms with Crippen molar-refractivity contribution >= 4 is 11.8 Å². The van der Waals surface area contributed by atoms with Gasteiger partial charge >= 0.3 is 5.97 Å². The number of nitrogens with two attached hydrogens (primary N) is 1. The second-order valence-electron chi connectivity index (χ2n) is 4.13. The minimum atomic E-state index is -0.982. The van der Waals surface area contributed by atoms with E-state index in [1.807, 2.05) is 0 Å². The van der Waals surface area contributed by atoms with E-state index in [9.17, 15) is 18.0 Å². The van der Waals surface area contributed by atoms with Crippen LogP contribution < -0.4 is 5.73 Å². The summed E-state index contributed by atoms with van der Waals surface area (Å²) in [6.45, 7) is 1.37. The van der Waals surface area contributed by atoms with Crippen LogP contribution in [0, 0.1) is 17.5 Å². The van der Waals surface area contributed by atoms with Crippen molar-refractivity contribution in [2.45, 2.75) is 13.5 Å². The number of hydrogen-bond acceptors (Lipinski definition) is 4. The smallest absolute Gasteiger partial charge is 0.327 e. The van der Waals surface area contributed by atoms with Gasteiger partial charge in [-0.3, -0.25) is 4.79 Å². The van der Waals surface area contributed by atoms with Gasteiger partial charge in [0, 0.05) is 11.6 Å². The number of esters is 1. The molecule has 0 amide bonds. The summed E-state index contributed by atoms with van der Waals surface area (Å²) in [5, 5.41) is 3.75. The lowest BCUT2D eigenvalue weighted by Gasteiger charge is -2.03. The highest BCUT2D eigenvalue weighted by Gasteiger charge is 2.21. The van der Waals surface area contributed by atoms with E-state index in [2.05, 4.69) is 5.10 Å². The molecule has 0 aliphatic carbocycles. The molecule has 2 N–H and O–H groups in total. The summed E-state index contributed by atoms with van der Waals surface area (Å²) in [5.74, 6) is -3.84. The maximum Gasteiger partial charge on any atom is 0.327 e. The highest BCUT2D eigenvalue weighted by molar-refractivity contribution is 5.71. The Kier molecular flexibility index (Phi) is 4.15. The Hall–Kier alpha value is -2.51. The third kappa shape index (κ3) is 2.99. The van der Waals surface area contributed by atoms with E-state index in [4.69, 9.17) is 10.5 Å². The van der Waals surface area contributed by atoms with Crippen LogP contribution in [0.15, 0.2) is 18.2 Å². The second kappa shape index (κ2) is 5.86. The van der Waals surface area contributed by atoms with Crippen molar-refractivity contribution in [1.82, 2.24) is 9.78 Å². The van der Waals surface area contributed by atoms with Crippen LogP contribution in [0.2, 0.25) is 0 Å². The van der Waals surface area contributed by atoms with Crippen LogP contribution in [0.25, 0.3) is 11.3 Å². The van der Waals surface area contributed by atoms with Gasteiger partial charge in [-0.15, -0.1) is 0 Å². The number of nitrogen functional groups attached to an aromatic ring is 1. The number of rotatable bonds is 4. The zero-order valence-electron chi connectivity index (χ0n) is 11.1. The lowest BCUT2D eigenvalue weighted by Crippen LogP contribution is -2.16. The Labute approximate surface area is 118 Å². The van der Waals surface area contributed by atoms with Crippen molar-refractivity contribution in [1.29, 1.82) is 0 Å². The second-order valence-corrected chi connectivity index (χ2v) is 4.13. The molecule has 112 valence electrons. The number of halogens is 3. The van der Waals surface area contributed by atoms with Crippen LogP contribution in [0.1, 0.15) is 6.92 Å². The molecule has 1 heterocycles. The van der Waals surface area contributed by atoms with Crippen molar-refractivity contribution in [3.05, 3.63) is 35.7 Å². The first-order valence-corrected chi connectivity index (χ1v) is 6.06. The summed E-state index contributed by atoms with van der Waals surface area (Å²) in [5.41, 5.74) is 4.85. The number of ether oxygens (including phenoxy) is 1. The minimum Gasteiger partial charge on any atom is -0.465 e. The minimum absolute atomic E-state index is 0.155. The van der Waals surface area contributed by atoms with Gasteiger partial charge in [0.15, 0.2) is 11.6 Å². The predicted molar refractivity (Wildman–Crippen MR) is 68.6 cm³/mol. The number of aromatic nitrogens is 2. The summed E-state index contributed by atoms with van der Waals surface area (Å²) in [4.78, 5) is 11.3. The third-order valence-corrected chi connectivity index (χ3v) is 2.70. The molecule has 2 aromatic rings. The monoisotopic (exact) mass is 299 g/mol. The SMILES string of the molecule is CCOC(=O)Cn1nc(-c2ccc(F)cc2F)c(F)c1N. The molecular weight excluding hydrogens is 287 g/mol. The number of carbonyl (C=O) groups is 1. The molecule has 8 heteroatoms. The van der Waals surface area contributed by atoms with Crippen molar-refractivity contribution in [3.8, 4) is 11.3 Å². The standard InChI is InChI=1S/C13H12F3N3O2/c1-2-21-10(20)6-19-13(17)11(16)12(18-19)8-4-3-7(14)5-9(8)15/h3-5H,2,6,17H2,1H3. The molecule has 21 heavy (non-hydrogen) atoms. The van der Waals surface area contributed by atoms with Gasteiger partial charge in [0.05, 0.1) is 6.61 Å². The fraction of sp³-hybridized carbons (Fsp3) is 0.231. The van der Waals surface area contributed by atoms with Crippen LogP contribution in [0.4, 0.5) is 19.0 Å². The third-order valence-electron chi connectivity index (χ3n) is 2.70. The molecular formula is C13H12F3N3O2. The Balaban J connectivity index is 2.40. The largest absolute Gasteiger partial charge is 0.465 e. The Morgan fingerprint density at radius 3 is 2.71 bits per heavy atom. The topological polar surface area (TPSA) is 70.1 Å². The zero-order valence-corrected chi connectivity index (χ0v) is 11.1. The van der Waals surface area contributed by atoms with Crippen LogP contribution >= 0.6 is 0 Å². The molecule has 0 bridgehead atoms. The first-order valence-electron chi connectivity index (χ1n) is 6.06. The summed E-state index contributed by atoms with van der Waals surface area (Å²) in [6.07, 6.45) is 0. The molecule has 0 unspecified atom stereocenters. The number of hydrogen-bond donors (Lipinski definition) is 1. The summed E-state index contributed by atoms with van der Waals surface area (Å²) in [7, 11) is 0. The molecule has 0 spiro atoms. The Morgan fingerprint density at radius 2 is 2.10 bits per heavy atom. The highest BCUT2D eigenvalue weighted by Crippen LogP contribution is 2.28. The number of anilines is 1. The fourth-order valence-electron chi connectivity index (χ4n) is 1.76. The number of benzene rings is 1. The van der Waals surface area contributed by atoms with Gasteiger partial charge in [0.1, 0.15) is 23.9 Å². The molecule has 0 radical (unpaired) electrons. The molecule has 0 atom stereocenters. The van der Waals surface area contributed by atoms with Gasteiger partial charge in [-0.05, 0) is 19.1 Å². The van der Waals surface area contributed by atoms with E-state index < -0.39 is 41.5 Å². The molecule has 0 saturated heterocycles. The first-order chi connectivity index (χ1) is 9.93. The van der Waals surface area contributed by atoms with Crippen molar-refractivity contribution < 1.29 is 22.7 Å². The molecule has 2 rings (SSSR count). The van der Waals surface area contributed by atoms with Gasteiger partial charge < -0.3 is 10.5 Å². The average Bonchev–Trinajstić information content (AvgIpc) is 2.68. The van der Waals surface area contributed by atoms with E-state index in [1.165, 1.54) is 0 Å². The quantitative estimate of drug-likeness (QED) is 0.878. The van der Waals surface area contributed by atoms with Gasteiger partial charge in [-0.25, -0.2) is 17.9 Å². The lowest BCUT2D eigenvalue weighted by atomic mass is 10.1. The maximum absolute atomic E-state index is 14.0. The van der Waals surface area contributed by atoms with E-state index in [0.717, 1.165) is 16.8 Å². The summed E-state index contributed by atoms with van der Waals surface area (Å²) in [6, 6.07) is 2.62. The summed E-state index contributed by atoms with van der Waals surface area (Å²) >= 11 is 0. The van der Waals surface area contributed by atoms with Crippen LogP contribution in [0.5, 0.6) is 0 Å². The molecule has 5 nitrogen and oxygen atoms in total. The van der Waals surface area contributed by atoms with Crippen molar-refractivity contribution in [2.24, 2.45) is 0 Å². The lowest BCUT2D eigenvalue weighted by molar-refractivity contribution is -0.143. The maximum atomic E-state index is 14.0. The average molecular weight is 299 g/mol. The van der Waals surface area contributed by atoms with Gasteiger partial charge in [-0.2, -0.15) is 5.10 Å². The molecule has 1 aromatic carbocycles. The van der Waals surface area contributed by atoms with E-state index in [1.54, 1.807) is 6.92 Å². The zero-order chi connectivity index (χ0) is 15.6. The van der Waals surface area contributed by atoms with Crippen molar-refractivity contribution in [2.75, 3.05) is 12.3 Å². The highest BCUT2D eigenvalue weighted by atomic mass is 19.1. The molecule has 1 aromatic heterocycles. The Morgan fingerprint density at radius 1 is 1.38 bits per heavy atom. The normalized spacial score (nSPS) is 10.7. The summed E-state index contributed by atoms with van der Waals surface area (Å²) < 4.78 is 46.1. The molecule has 0 aliphatic heterocycles. The fourth-order valence-corrected chi connectivity index (χ4v) is 1.76. The molecule has 0 fully saturated rings. The number of carbonyl (C=O) groups excluding carboxylic acids is 1. The van der Waals surface area contributed by atoms with Gasteiger partial charge in [0.25, 0.3) is 0 Å². The molecule has 0 saturated carbocycles. The first kappa shape index (κ1) is 14.9.